The number of carbonyl (C=O) groups is 2. The fourth-order valence-corrected chi connectivity index (χ4v) is 2.27. The molecule has 2 aromatic carbocycles. The Kier molecular flexibility index (Phi) is 5.78. The van der Waals surface area contributed by atoms with Crippen molar-refractivity contribution in [2.45, 2.75) is 22.5 Å². The molecule has 0 saturated heterocycles. The highest BCUT2D eigenvalue weighted by Gasteiger charge is 2.49. The average molecular weight is 513 g/mol. The summed E-state index contributed by atoms with van der Waals surface area (Å²) in [6.45, 7) is 3.25. The fourth-order valence-electron chi connectivity index (χ4n) is 1.91. The summed E-state index contributed by atoms with van der Waals surface area (Å²) in [5.74, 6) is -3.43. The van der Waals surface area contributed by atoms with E-state index in [1.54, 1.807) is 13.8 Å². The number of halogens is 3. The van der Waals surface area contributed by atoms with Gasteiger partial charge in [-0.15, -0.1) is 0 Å². The van der Waals surface area contributed by atoms with Crippen molar-refractivity contribution < 1.29 is 40.8 Å². The predicted octanol–water partition coefficient (Wildman–Crippen LogP) is 3.00. The van der Waals surface area contributed by atoms with Crippen LogP contribution in [0.25, 0.3) is 10.8 Å². The third-order valence-corrected chi connectivity index (χ3v) is 4.52. The van der Waals surface area contributed by atoms with Gasteiger partial charge in [-0.05, 0) is 26.0 Å². The molecular weight excluding hydrogens is 501 g/mol. The maximum absolute atomic E-state index is 13.3. The van der Waals surface area contributed by atoms with E-state index < -0.39 is 36.5 Å². The van der Waals surface area contributed by atoms with Gasteiger partial charge < -0.3 is 14.0 Å². The molecule has 2 aromatic rings. The van der Waals surface area contributed by atoms with Crippen molar-refractivity contribution in [2.75, 3.05) is 0 Å². The molecule has 146 valence electrons. The molecule has 0 aromatic heterocycles. The van der Waals surface area contributed by atoms with Crippen LogP contribution >= 0.6 is 22.6 Å². The van der Waals surface area contributed by atoms with Crippen LogP contribution in [0.2, 0.25) is 0 Å². The second-order valence-electron chi connectivity index (χ2n) is 5.83. The van der Waals surface area contributed by atoms with Crippen molar-refractivity contribution in [3.63, 3.8) is 0 Å². The summed E-state index contributed by atoms with van der Waals surface area (Å²) in [7, 11) is -6.24. The van der Waals surface area contributed by atoms with E-state index in [-0.39, 0.29) is 16.5 Å². The highest BCUT2D eigenvalue weighted by molar-refractivity contribution is 14.1. The second kappa shape index (κ2) is 7.28. The summed E-state index contributed by atoms with van der Waals surface area (Å²) < 4.78 is 67.2. The zero-order chi connectivity index (χ0) is 20.6. The van der Waals surface area contributed by atoms with Gasteiger partial charge in [0.05, 0.1) is 0 Å². The van der Waals surface area contributed by atoms with E-state index >= 15 is 0 Å². The minimum atomic E-state index is -6.24. The molecule has 11 heteroatoms. The molecule has 27 heavy (non-hydrogen) atoms. The van der Waals surface area contributed by atoms with Crippen LogP contribution in [0.4, 0.5) is 8.78 Å². The van der Waals surface area contributed by atoms with Gasteiger partial charge in [0.2, 0.25) is 0 Å². The van der Waals surface area contributed by atoms with Crippen LogP contribution in [-0.2, 0) is 19.7 Å². The van der Waals surface area contributed by atoms with Gasteiger partial charge in [-0.2, -0.15) is 8.78 Å². The summed E-state index contributed by atoms with van der Waals surface area (Å²) >= 11 is 1.88. The number of hydrogen-bond donors (Lipinski definition) is 0. The number of ether oxygens (including phenoxy) is 2. The Morgan fingerprint density at radius 2 is 1.37 bits per heavy atom. The highest BCUT2D eigenvalue weighted by Crippen LogP contribution is 2.34. The Bertz CT molecular complexity index is 1010. The number of hydrogen-bond acceptors (Lipinski definition) is 7. The number of alkyl halides is 3. The van der Waals surface area contributed by atoms with Gasteiger partial charge in [-0.1, -0.05) is 46.9 Å². The molecular formula is C16H12F2IO7S-. The van der Waals surface area contributed by atoms with Gasteiger partial charge in [-0.25, -0.2) is 13.2 Å². The van der Waals surface area contributed by atoms with Gasteiger partial charge in [0.25, 0.3) is 0 Å². The number of carbonyl (C=O) groups excluding carboxylic acids is 2. The van der Waals surface area contributed by atoms with E-state index in [1.807, 2.05) is 22.6 Å². The largest absolute Gasteiger partial charge is 0.743 e. The molecule has 0 radical (unpaired) electrons. The van der Waals surface area contributed by atoms with Gasteiger partial charge >= 0.3 is 17.2 Å². The standard InChI is InChI=1S/C16H13F2IO7S/c1-15(2,19)13(20)25-11-7-3-6-10-9(11)5-4-8-12(10)26-14(21)16(17,18)27(22,23)24/h3-8H,1-2H3,(H,22,23,24)/p-1. The van der Waals surface area contributed by atoms with Crippen molar-refractivity contribution in [3.8, 4) is 11.5 Å². The molecule has 0 fully saturated rings. The lowest BCUT2D eigenvalue weighted by molar-refractivity contribution is -0.151. The molecule has 0 bridgehead atoms. The molecule has 0 aliphatic carbocycles. The molecule has 0 heterocycles. The van der Waals surface area contributed by atoms with Gasteiger partial charge in [0.15, 0.2) is 10.1 Å². The molecule has 0 aliphatic heterocycles. The Morgan fingerprint density at radius 3 is 1.74 bits per heavy atom. The quantitative estimate of drug-likeness (QED) is 0.199. The van der Waals surface area contributed by atoms with E-state index in [0.717, 1.165) is 6.07 Å². The number of rotatable bonds is 5. The minimum absolute atomic E-state index is 0.0864. The van der Waals surface area contributed by atoms with Crippen LogP contribution < -0.4 is 9.47 Å². The number of esters is 2. The molecule has 7 nitrogen and oxygen atoms in total. The molecule has 0 amide bonds. The lowest BCUT2D eigenvalue weighted by Crippen LogP contribution is -2.40. The summed E-state index contributed by atoms with van der Waals surface area (Å²) in [6.07, 6.45) is 0. The Morgan fingerprint density at radius 1 is 0.963 bits per heavy atom. The lowest BCUT2D eigenvalue weighted by atomic mass is 10.1. The average Bonchev–Trinajstić information content (AvgIpc) is 2.53. The smallest absolute Gasteiger partial charge is 0.429 e. The summed E-state index contributed by atoms with van der Waals surface area (Å²) in [4.78, 5) is 23.5. The maximum Gasteiger partial charge on any atom is 0.429 e. The number of benzene rings is 2. The van der Waals surface area contributed by atoms with Crippen molar-refractivity contribution >= 4 is 55.4 Å². The van der Waals surface area contributed by atoms with Crippen LogP contribution in [0.1, 0.15) is 13.8 Å². The normalized spacial score (nSPS) is 12.7. The predicted molar refractivity (Wildman–Crippen MR) is 98.0 cm³/mol. The third-order valence-electron chi connectivity index (χ3n) is 3.28. The van der Waals surface area contributed by atoms with Crippen LogP contribution in [0.3, 0.4) is 0 Å². The fraction of sp³-hybridized carbons (Fsp3) is 0.250. The SMILES string of the molecule is CC(C)(I)C(=O)Oc1cccc2c(OC(=O)C(F)(F)S(=O)(=O)[O-])cccc12. The van der Waals surface area contributed by atoms with Gasteiger partial charge in [-0.3, -0.25) is 4.79 Å². The van der Waals surface area contributed by atoms with Crippen LogP contribution in [0, 0.1) is 0 Å². The van der Waals surface area contributed by atoms with Crippen molar-refractivity contribution in [2.24, 2.45) is 0 Å². The molecule has 0 saturated carbocycles. The first-order valence-corrected chi connectivity index (χ1v) is 9.72. The summed E-state index contributed by atoms with van der Waals surface area (Å²) in [5, 5.41) is -4.89. The molecule has 0 atom stereocenters. The highest BCUT2D eigenvalue weighted by atomic mass is 127. The Hall–Kier alpha value is -1.86. The van der Waals surface area contributed by atoms with Crippen molar-refractivity contribution in [1.82, 2.24) is 0 Å². The molecule has 2 rings (SSSR count). The molecule has 0 N–H and O–H groups in total. The van der Waals surface area contributed by atoms with Crippen LogP contribution in [-0.4, -0.2) is 33.6 Å². The second-order valence-corrected chi connectivity index (χ2v) is 9.95. The van der Waals surface area contributed by atoms with Crippen molar-refractivity contribution in [3.05, 3.63) is 36.4 Å². The first-order valence-electron chi connectivity index (χ1n) is 7.23. The van der Waals surface area contributed by atoms with Crippen LogP contribution in [0.5, 0.6) is 11.5 Å². The van der Waals surface area contributed by atoms with E-state index in [1.165, 1.54) is 30.3 Å². The van der Waals surface area contributed by atoms with E-state index in [0.29, 0.717) is 0 Å². The Balaban J connectivity index is 2.45. The number of fused-ring (bicyclic) bond motifs is 1. The first-order chi connectivity index (χ1) is 12.2. The third kappa shape index (κ3) is 4.52. The Labute approximate surface area is 166 Å². The van der Waals surface area contributed by atoms with Crippen LogP contribution in [0.15, 0.2) is 36.4 Å². The topological polar surface area (TPSA) is 110 Å². The lowest BCUT2D eigenvalue weighted by Gasteiger charge is -2.19. The van der Waals surface area contributed by atoms with Crippen molar-refractivity contribution in [1.29, 1.82) is 0 Å². The maximum atomic E-state index is 13.3. The zero-order valence-electron chi connectivity index (χ0n) is 13.9. The van der Waals surface area contributed by atoms with E-state index in [2.05, 4.69) is 4.74 Å². The van der Waals surface area contributed by atoms with Gasteiger partial charge in [0, 0.05) is 10.8 Å². The summed E-state index contributed by atoms with van der Waals surface area (Å²) in [5.41, 5.74) is 0. The monoisotopic (exact) mass is 513 g/mol. The zero-order valence-corrected chi connectivity index (χ0v) is 16.8. The van der Waals surface area contributed by atoms with E-state index in [9.17, 15) is 31.3 Å². The van der Waals surface area contributed by atoms with E-state index in [4.69, 9.17) is 4.74 Å². The summed E-state index contributed by atoms with van der Waals surface area (Å²) in [6, 6.07) is 8.19. The minimum Gasteiger partial charge on any atom is -0.743 e. The van der Waals surface area contributed by atoms with Gasteiger partial charge in [0.1, 0.15) is 14.9 Å². The first kappa shape index (κ1) is 21.4. The molecule has 0 unspecified atom stereocenters. The molecule has 0 spiro atoms. The molecule has 0 aliphatic rings.